The van der Waals surface area contributed by atoms with Gasteiger partial charge in [0.2, 0.25) is 0 Å². The first-order chi connectivity index (χ1) is 9.81. The van der Waals surface area contributed by atoms with Crippen LogP contribution >= 0.6 is 0 Å². The van der Waals surface area contributed by atoms with Crippen LogP contribution in [0.3, 0.4) is 0 Å². The van der Waals surface area contributed by atoms with Gasteiger partial charge in [-0.25, -0.2) is 4.79 Å². The largest absolute Gasteiger partial charge is 0.423 e. The zero-order valence-corrected chi connectivity index (χ0v) is 11.2. The van der Waals surface area contributed by atoms with E-state index in [9.17, 15) is 4.79 Å². The molecule has 2 heteroatoms. The number of para-hydroxylation sites is 1. The molecule has 1 aliphatic rings. The average molecular weight is 264 g/mol. The maximum absolute atomic E-state index is 11.8. The molecular formula is C18H16O2. The molecule has 0 N–H and O–H groups in total. The van der Waals surface area contributed by atoms with Gasteiger partial charge in [-0.1, -0.05) is 54.1 Å². The Morgan fingerprint density at radius 1 is 0.950 bits per heavy atom. The number of ether oxygens (including phenoxy) is 1. The van der Waals surface area contributed by atoms with Gasteiger partial charge >= 0.3 is 5.97 Å². The summed E-state index contributed by atoms with van der Waals surface area (Å²) in [6, 6.07) is 19.6. The maximum Gasteiger partial charge on any atom is 0.336 e. The third kappa shape index (κ3) is 2.97. The second-order valence-electron chi connectivity index (χ2n) is 5.05. The van der Waals surface area contributed by atoms with Gasteiger partial charge in [-0.05, 0) is 36.5 Å². The second-order valence-corrected chi connectivity index (χ2v) is 5.05. The third-order valence-corrected chi connectivity index (χ3v) is 3.57. The molecule has 3 rings (SSSR count). The molecule has 0 bridgehead atoms. The van der Waals surface area contributed by atoms with Crippen molar-refractivity contribution >= 4 is 5.97 Å². The SMILES string of the molecule is O=C(C=C1CC(c2ccccc2)C1)Oc1ccccc1. The number of esters is 1. The maximum atomic E-state index is 11.8. The van der Waals surface area contributed by atoms with Crippen LogP contribution < -0.4 is 4.74 Å². The molecule has 1 saturated carbocycles. The molecule has 2 nitrogen and oxygen atoms in total. The molecule has 100 valence electrons. The minimum atomic E-state index is -0.280. The van der Waals surface area contributed by atoms with E-state index in [1.165, 1.54) is 11.1 Å². The molecule has 1 fully saturated rings. The van der Waals surface area contributed by atoms with Crippen molar-refractivity contribution in [3.8, 4) is 5.75 Å². The highest BCUT2D eigenvalue weighted by atomic mass is 16.5. The Labute approximate surface area is 118 Å². The molecule has 0 unspecified atom stereocenters. The lowest BCUT2D eigenvalue weighted by molar-refractivity contribution is -0.129. The van der Waals surface area contributed by atoms with Crippen LogP contribution in [0.2, 0.25) is 0 Å². The van der Waals surface area contributed by atoms with Crippen molar-refractivity contribution in [1.82, 2.24) is 0 Å². The number of rotatable bonds is 3. The minimum absolute atomic E-state index is 0.280. The Balaban J connectivity index is 1.55. The van der Waals surface area contributed by atoms with Gasteiger partial charge in [0.1, 0.15) is 5.75 Å². The van der Waals surface area contributed by atoms with E-state index in [1.807, 2.05) is 24.3 Å². The highest BCUT2D eigenvalue weighted by Crippen LogP contribution is 2.40. The number of hydrogen-bond donors (Lipinski definition) is 0. The summed E-state index contributed by atoms with van der Waals surface area (Å²) in [6.45, 7) is 0. The fourth-order valence-corrected chi connectivity index (χ4v) is 2.45. The fraction of sp³-hybridized carbons (Fsp3) is 0.167. The van der Waals surface area contributed by atoms with Gasteiger partial charge in [-0.15, -0.1) is 0 Å². The number of allylic oxidation sites excluding steroid dienone is 1. The summed E-state index contributed by atoms with van der Waals surface area (Å²) in [4.78, 5) is 11.8. The molecule has 2 aromatic carbocycles. The second kappa shape index (κ2) is 5.74. The summed E-state index contributed by atoms with van der Waals surface area (Å²) in [5.41, 5.74) is 2.51. The fourth-order valence-electron chi connectivity index (χ4n) is 2.45. The van der Waals surface area contributed by atoms with Crippen LogP contribution in [0.25, 0.3) is 0 Å². The van der Waals surface area contributed by atoms with Gasteiger partial charge < -0.3 is 4.74 Å². The van der Waals surface area contributed by atoms with Crippen LogP contribution in [0.15, 0.2) is 72.3 Å². The number of carbonyl (C=O) groups excluding carboxylic acids is 1. The summed E-state index contributed by atoms with van der Waals surface area (Å²) in [6.07, 6.45) is 3.54. The molecule has 0 atom stereocenters. The number of hydrogen-bond acceptors (Lipinski definition) is 2. The molecular weight excluding hydrogens is 248 g/mol. The predicted octanol–water partition coefficient (Wildman–Crippen LogP) is 4.10. The summed E-state index contributed by atoms with van der Waals surface area (Å²) in [7, 11) is 0. The van der Waals surface area contributed by atoms with E-state index in [0.717, 1.165) is 12.8 Å². The predicted molar refractivity (Wildman–Crippen MR) is 78.6 cm³/mol. The van der Waals surface area contributed by atoms with E-state index >= 15 is 0 Å². The van der Waals surface area contributed by atoms with Crippen molar-refractivity contribution in [3.63, 3.8) is 0 Å². The molecule has 0 aliphatic heterocycles. The molecule has 0 spiro atoms. The van der Waals surface area contributed by atoms with Crippen LogP contribution in [-0.2, 0) is 4.79 Å². The lowest BCUT2D eigenvalue weighted by atomic mass is 9.75. The Hall–Kier alpha value is -2.35. The molecule has 0 amide bonds. The van der Waals surface area contributed by atoms with Crippen molar-refractivity contribution in [3.05, 3.63) is 77.9 Å². The first kappa shape index (κ1) is 12.7. The van der Waals surface area contributed by atoms with E-state index in [4.69, 9.17) is 4.74 Å². The highest BCUT2D eigenvalue weighted by molar-refractivity contribution is 5.85. The molecule has 0 aromatic heterocycles. The standard InChI is InChI=1S/C18H16O2/c19-18(20-17-9-5-2-6-10-17)13-14-11-16(12-14)15-7-3-1-4-8-15/h1-10,13,16H,11-12H2. The topological polar surface area (TPSA) is 26.3 Å². The van der Waals surface area contributed by atoms with E-state index in [1.54, 1.807) is 18.2 Å². The van der Waals surface area contributed by atoms with Gasteiger partial charge in [-0.3, -0.25) is 0 Å². The van der Waals surface area contributed by atoms with Gasteiger partial charge in [0.25, 0.3) is 0 Å². The van der Waals surface area contributed by atoms with E-state index in [0.29, 0.717) is 11.7 Å². The third-order valence-electron chi connectivity index (χ3n) is 3.57. The minimum Gasteiger partial charge on any atom is -0.423 e. The first-order valence-electron chi connectivity index (χ1n) is 6.82. The van der Waals surface area contributed by atoms with Gasteiger partial charge in [0.15, 0.2) is 0 Å². The monoisotopic (exact) mass is 264 g/mol. The van der Waals surface area contributed by atoms with Crippen molar-refractivity contribution in [2.45, 2.75) is 18.8 Å². The molecule has 2 aromatic rings. The van der Waals surface area contributed by atoms with E-state index < -0.39 is 0 Å². The quantitative estimate of drug-likeness (QED) is 0.474. The van der Waals surface area contributed by atoms with Crippen LogP contribution in [-0.4, -0.2) is 5.97 Å². The zero-order valence-electron chi connectivity index (χ0n) is 11.2. The smallest absolute Gasteiger partial charge is 0.336 e. The van der Waals surface area contributed by atoms with Gasteiger partial charge in [-0.2, -0.15) is 0 Å². The van der Waals surface area contributed by atoms with E-state index in [2.05, 4.69) is 24.3 Å². The lowest BCUT2D eigenvalue weighted by Crippen LogP contribution is -2.15. The van der Waals surface area contributed by atoms with Crippen molar-refractivity contribution in [1.29, 1.82) is 0 Å². The lowest BCUT2D eigenvalue weighted by Gasteiger charge is -2.29. The van der Waals surface area contributed by atoms with Crippen LogP contribution in [0.1, 0.15) is 24.3 Å². The van der Waals surface area contributed by atoms with Crippen LogP contribution in [0.5, 0.6) is 5.75 Å². The van der Waals surface area contributed by atoms with Crippen LogP contribution in [0, 0.1) is 0 Å². The van der Waals surface area contributed by atoms with Crippen molar-refractivity contribution in [2.24, 2.45) is 0 Å². The van der Waals surface area contributed by atoms with E-state index in [-0.39, 0.29) is 5.97 Å². The summed E-state index contributed by atoms with van der Waals surface area (Å²) >= 11 is 0. The molecule has 0 radical (unpaired) electrons. The Kier molecular flexibility index (Phi) is 3.64. The molecule has 20 heavy (non-hydrogen) atoms. The number of benzene rings is 2. The van der Waals surface area contributed by atoms with Crippen molar-refractivity contribution in [2.75, 3.05) is 0 Å². The summed E-state index contributed by atoms with van der Waals surface area (Å²) in [5, 5.41) is 0. The van der Waals surface area contributed by atoms with Gasteiger partial charge in [0, 0.05) is 6.08 Å². The number of carbonyl (C=O) groups is 1. The molecule has 0 heterocycles. The Bertz CT molecular complexity index is 606. The van der Waals surface area contributed by atoms with Gasteiger partial charge in [0.05, 0.1) is 0 Å². The normalized spacial score (nSPS) is 17.2. The van der Waals surface area contributed by atoms with Crippen molar-refractivity contribution < 1.29 is 9.53 Å². The highest BCUT2D eigenvalue weighted by Gasteiger charge is 2.25. The molecule has 1 aliphatic carbocycles. The Morgan fingerprint density at radius 3 is 2.20 bits per heavy atom. The molecule has 0 saturated heterocycles. The summed E-state index contributed by atoms with van der Waals surface area (Å²) < 4.78 is 5.25. The average Bonchev–Trinajstić information content (AvgIpc) is 2.44. The zero-order chi connectivity index (χ0) is 13.8. The van der Waals surface area contributed by atoms with Crippen LogP contribution in [0.4, 0.5) is 0 Å². The summed E-state index contributed by atoms with van der Waals surface area (Å²) in [5.74, 6) is 0.859. The Morgan fingerprint density at radius 2 is 1.55 bits per heavy atom. The first-order valence-corrected chi connectivity index (χ1v) is 6.82.